The van der Waals surface area contributed by atoms with Crippen molar-refractivity contribution in [1.82, 2.24) is 9.80 Å². The largest absolute Gasteiger partial charge is 0.480 e. The van der Waals surface area contributed by atoms with Gasteiger partial charge in [-0.15, -0.1) is 0 Å². The number of hydrogen-bond acceptors (Lipinski definition) is 3. The van der Waals surface area contributed by atoms with Crippen LogP contribution in [-0.4, -0.2) is 53.9 Å². The van der Waals surface area contributed by atoms with Gasteiger partial charge in [0.2, 0.25) is 5.91 Å². The summed E-state index contributed by atoms with van der Waals surface area (Å²) in [6.07, 6.45) is 0.176. The van der Waals surface area contributed by atoms with Gasteiger partial charge in [0.05, 0.1) is 5.41 Å². The van der Waals surface area contributed by atoms with Crippen molar-refractivity contribution in [3.63, 3.8) is 0 Å². The number of piperazine rings is 1. The van der Waals surface area contributed by atoms with Gasteiger partial charge < -0.3 is 14.5 Å². The van der Waals surface area contributed by atoms with Crippen LogP contribution in [0.4, 0.5) is 0 Å². The second kappa shape index (κ2) is 7.30. The molecule has 0 bridgehead atoms. The first-order valence-electron chi connectivity index (χ1n) is 9.85. The molecule has 1 saturated heterocycles. The van der Waals surface area contributed by atoms with Crippen molar-refractivity contribution in [3.8, 4) is 5.75 Å². The zero-order valence-corrected chi connectivity index (χ0v) is 16.4. The minimum atomic E-state index is -0.580. The van der Waals surface area contributed by atoms with Crippen LogP contribution in [0.15, 0.2) is 54.6 Å². The van der Waals surface area contributed by atoms with Gasteiger partial charge in [0, 0.05) is 32.6 Å². The van der Waals surface area contributed by atoms with Gasteiger partial charge in [0.15, 0.2) is 6.10 Å². The van der Waals surface area contributed by atoms with Crippen LogP contribution in [-0.2, 0) is 21.4 Å². The lowest BCUT2D eigenvalue weighted by molar-refractivity contribution is -0.145. The molecule has 1 atom stereocenters. The van der Waals surface area contributed by atoms with E-state index in [4.69, 9.17) is 4.74 Å². The summed E-state index contributed by atoms with van der Waals surface area (Å²) in [5, 5.41) is 0. The number of rotatable bonds is 3. The SMILES string of the molecule is CC(C)(C(=O)N1CCN(C(=O)[C@H]2Cc3ccccc3O2)CC1)c1ccccc1. The molecule has 0 radical (unpaired) electrons. The lowest BCUT2D eigenvalue weighted by Gasteiger charge is -2.39. The smallest absolute Gasteiger partial charge is 0.264 e. The fourth-order valence-electron chi connectivity index (χ4n) is 4.03. The highest BCUT2D eigenvalue weighted by Gasteiger charge is 2.38. The van der Waals surface area contributed by atoms with Gasteiger partial charge in [-0.2, -0.15) is 0 Å². The quantitative estimate of drug-likeness (QED) is 0.825. The van der Waals surface area contributed by atoms with Gasteiger partial charge in [-0.3, -0.25) is 9.59 Å². The Balaban J connectivity index is 1.36. The van der Waals surface area contributed by atoms with Crippen LogP contribution in [0, 0.1) is 0 Å². The molecule has 5 heteroatoms. The van der Waals surface area contributed by atoms with E-state index in [-0.39, 0.29) is 11.8 Å². The summed E-state index contributed by atoms with van der Waals surface area (Å²) in [6.45, 7) is 6.13. The molecular formula is C23H26N2O3. The molecular weight excluding hydrogens is 352 g/mol. The van der Waals surface area contributed by atoms with E-state index in [2.05, 4.69) is 0 Å². The Morgan fingerprint density at radius 2 is 1.50 bits per heavy atom. The molecule has 5 nitrogen and oxygen atoms in total. The molecule has 2 aliphatic heterocycles. The minimum Gasteiger partial charge on any atom is -0.480 e. The standard InChI is InChI=1S/C23H26N2O3/c1-23(2,18-9-4-3-5-10-18)22(27)25-14-12-24(13-15-25)21(26)20-16-17-8-6-7-11-19(17)28-20/h3-11,20H,12-16H2,1-2H3/t20-/m1/s1. The van der Waals surface area contributed by atoms with E-state index < -0.39 is 11.5 Å². The average Bonchev–Trinajstić information content (AvgIpc) is 3.17. The third-order valence-electron chi connectivity index (χ3n) is 5.83. The fourth-order valence-corrected chi connectivity index (χ4v) is 4.03. The summed E-state index contributed by atoms with van der Waals surface area (Å²) in [4.78, 5) is 29.7. The van der Waals surface area contributed by atoms with Gasteiger partial charge in [0.25, 0.3) is 5.91 Å². The van der Waals surface area contributed by atoms with Crippen molar-refractivity contribution in [2.24, 2.45) is 0 Å². The van der Waals surface area contributed by atoms with Crippen LogP contribution >= 0.6 is 0 Å². The number of ether oxygens (including phenoxy) is 1. The van der Waals surface area contributed by atoms with Crippen LogP contribution in [0.2, 0.25) is 0 Å². The van der Waals surface area contributed by atoms with E-state index in [9.17, 15) is 9.59 Å². The second-order valence-corrected chi connectivity index (χ2v) is 8.03. The van der Waals surface area contributed by atoms with Gasteiger partial charge in [-0.1, -0.05) is 48.5 Å². The molecule has 2 aromatic rings. The van der Waals surface area contributed by atoms with Crippen molar-refractivity contribution in [3.05, 3.63) is 65.7 Å². The lowest BCUT2D eigenvalue weighted by Crippen LogP contribution is -2.56. The van der Waals surface area contributed by atoms with E-state index in [0.29, 0.717) is 32.6 Å². The van der Waals surface area contributed by atoms with E-state index in [1.54, 1.807) is 0 Å². The first-order chi connectivity index (χ1) is 13.5. The molecule has 0 saturated carbocycles. The highest BCUT2D eigenvalue weighted by molar-refractivity contribution is 5.88. The number of nitrogens with zero attached hydrogens (tertiary/aromatic N) is 2. The zero-order chi connectivity index (χ0) is 19.7. The molecule has 0 aromatic heterocycles. The van der Waals surface area contributed by atoms with E-state index >= 15 is 0 Å². The highest BCUT2D eigenvalue weighted by atomic mass is 16.5. The van der Waals surface area contributed by atoms with Crippen molar-refractivity contribution in [1.29, 1.82) is 0 Å². The molecule has 2 amide bonds. The third-order valence-corrected chi connectivity index (χ3v) is 5.83. The topological polar surface area (TPSA) is 49.9 Å². The maximum atomic E-state index is 13.1. The van der Waals surface area contributed by atoms with Crippen LogP contribution in [0.3, 0.4) is 0 Å². The average molecular weight is 378 g/mol. The maximum Gasteiger partial charge on any atom is 0.264 e. The number of fused-ring (bicyclic) bond motifs is 1. The number of para-hydroxylation sites is 1. The van der Waals surface area contributed by atoms with E-state index in [1.807, 2.05) is 78.2 Å². The molecule has 0 spiro atoms. The number of benzene rings is 2. The van der Waals surface area contributed by atoms with Crippen LogP contribution in [0.25, 0.3) is 0 Å². The summed E-state index contributed by atoms with van der Waals surface area (Å²) in [5.74, 6) is 0.931. The summed E-state index contributed by atoms with van der Waals surface area (Å²) in [5.41, 5.74) is 1.51. The first-order valence-corrected chi connectivity index (χ1v) is 9.85. The summed E-state index contributed by atoms with van der Waals surface area (Å²) in [7, 11) is 0. The van der Waals surface area contributed by atoms with Crippen molar-refractivity contribution in [2.45, 2.75) is 31.8 Å². The molecule has 2 heterocycles. The monoisotopic (exact) mass is 378 g/mol. The third kappa shape index (κ3) is 3.37. The predicted molar refractivity (Wildman–Crippen MR) is 107 cm³/mol. The summed E-state index contributed by atoms with van der Waals surface area (Å²) < 4.78 is 5.84. The molecule has 28 heavy (non-hydrogen) atoms. The minimum absolute atomic E-state index is 0.0191. The van der Waals surface area contributed by atoms with Gasteiger partial charge >= 0.3 is 0 Å². The Morgan fingerprint density at radius 1 is 0.893 bits per heavy atom. The molecule has 2 aromatic carbocycles. The Labute approximate surface area is 165 Å². The van der Waals surface area contributed by atoms with Crippen molar-refractivity contribution in [2.75, 3.05) is 26.2 Å². The Morgan fingerprint density at radius 3 is 2.18 bits per heavy atom. The van der Waals surface area contributed by atoms with Crippen molar-refractivity contribution < 1.29 is 14.3 Å². The van der Waals surface area contributed by atoms with Crippen molar-refractivity contribution >= 4 is 11.8 Å². The van der Waals surface area contributed by atoms with E-state index in [0.717, 1.165) is 16.9 Å². The highest BCUT2D eigenvalue weighted by Crippen LogP contribution is 2.30. The zero-order valence-electron chi connectivity index (χ0n) is 16.4. The predicted octanol–water partition coefficient (Wildman–Crippen LogP) is 2.64. The summed E-state index contributed by atoms with van der Waals surface area (Å²) >= 11 is 0. The molecule has 0 N–H and O–H groups in total. The molecule has 0 aliphatic carbocycles. The van der Waals surface area contributed by atoms with Gasteiger partial charge in [-0.25, -0.2) is 0 Å². The van der Waals surface area contributed by atoms with Crippen LogP contribution < -0.4 is 4.74 Å². The molecule has 146 valence electrons. The van der Waals surface area contributed by atoms with Gasteiger partial charge in [0.1, 0.15) is 5.75 Å². The van der Waals surface area contributed by atoms with Gasteiger partial charge in [-0.05, 0) is 31.0 Å². The lowest BCUT2D eigenvalue weighted by atomic mass is 9.83. The van der Waals surface area contributed by atoms with Crippen LogP contribution in [0.1, 0.15) is 25.0 Å². The molecule has 2 aliphatic rings. The fraction of sp³-hybridized carbons (Fsp3) is 0.391. The first kappa shape index (κ1) is 18.5. The Kier molecular flexibility index (Phi) is 4.84. The second-order valence-electron chi connectivity index (χ2n) is 8.03. The number of hydrogen-bond donors (Lipinski definition) is 0. The number of carbonyl (C=O) groups is 2. The normalized spacial score (nSPS) is 19.1. The Hall–Kier alpha value is -2.82. The van der Waals surface area contributed by atoms with E-state index in [1.165, 1.54) is 0 Å². The number of carbonyl (C=O) groups excluding carboxylic acids is 2. The van der Waals surface area contributed by atoms with Crippen LogP contribution in [0.5, 0.6) is 5.75 Å². The summed E-state index contributed by atoms with van der Waals surface area (Å²) in [6, 6.07) is 17.7. The molecule has 4 rings (SSSR count). The molecule has 1 fully saturated rings. The molecule has 0 unspecified atom stereocenters. The Bertz CT molecular complexity index is 845. The number of amides is 2. The maximum absolute atomic E-state index is 13.1.